The van der Waals surface area contributed by atoms with Crippen LogP contribution in [0, 0.1) is 11.8 Å². The Morgan fingerprint density at radius 2 is 1.92 bits per heavy atom. The molecule has 1 rings (SSSR count). The molecule has 1 saturated carbocycles. The molecule has 68 valence electrons. The van der Waals surface area contributed by atoms with Crippen LogP contribution in [0.2, 0.25) is 4.05 Å². The fraction of sp³-hybridized carbons (Fsp3) is 1.00. The summed E-state index contributed by atoms with van der Waals surface area (Å²) in [5.74, 6) is 2.17. The SMILES string of the molecule is CCCC1CCC(CC)[CH]1[Mg][Br]. The maximum absolute atomic E-state index is 3.81. The van der Waals surface area contributed by atoms with Crippen LogP contribution in [0.1, 0.15) is 46.0 Å². The van der Waals surface area contributed by atoms with E-state index in [9.17, 15) is 0 Å². The number of hydrogen-bond acceptors (Lipinski definition) is 0. The first kappa shape index (κ1) is 11.3. The van der Waals surface area contributed by atoms with Gasteiger partial charge in [0.1, 0.15) is 0 Å². The lowest BCUT2D eigenvalue weighted by Gasteiger charge is -2.21. The fourth-order valence-corrected chi connectivity index (χ4v) is 7.45. The zero-order valence-corrected chi connectivity index (χ0v) is 11.4. The molecule has 0 aliphatic heterocycles. The van der Waals surface area contributed by atoms with Gasteiger partial charge in [0, 0.05) is 0 Å². The minimum atomic E-state index is 0.0768. The topological polar surface area (TPSA) is 0 Å². The molecule has 0 bridgehead atoms. The Kier molecular flexibility index (Phi) is 5.54. The molecule has 0 aromatic carbocycles. The first-order valence-electron chi connectivity index (χ1n) is 5.39. The summed E-state index contributed by atoms with van der Waals surface area (Å²) in [6, 6.07) is 0. The van der Waals surface area contributed by atoms with Gasteiger partial charge < -0.3 is 12.9 Å². The van der Waals surface area contributed by atoms with E-state index in [0.717, 1.165) is 15.9 Å². The second-order valence-corrected chi connectivity index (χ2v) is 7.31. The molecule has 1 aliphatic carbocycles. The third kappa shape index (κ3) is 2.62. The molecule has 0 saturated heterocycles. The lowest BCUT2D eigenvalue weighted by atomic mass is 9.98. The lowest BCUT2D eigenvalue weighted by molar-refractivity contribution is 0.453. The van der Waals surface area contributed by atoms with Crippen molar-refractivity contribution in [3.05, 3.63) is 0 Å². The molecule has 1 aliphatic rings. The molecule has 0 aromatic rings. The van der Waals surface area contributed by atoms with Gasteiger partial charge in [-0.25, -0.2) is 0 Å². The average molecular weight is 243 g/mol. The quantitative estimate of drug-likeness (QED) is 0.654. The molecule has 0 aromatic heterocycles. The highest BCUT2D eigenvalue weighted by Gasteiger charge is 2.33. The molecule has 0 N–H and O–H groups in total. The van der Waals surface area contributed by atoms with Gasteiger partial charge in [0.15, 0.2) is 0 Å². The standard InChI is InChI=1S/C10H19.BrH.Mg/c1-3-5-10-7-6-9(4-2)8-10;;/h8-10H,3-7H2,1-2H3;1H;/q;;+1/p-1. The summed E-state index contributed by atoms with van der Waals surface area (Å²) in [6.07, 6.45) is 7.34. The predicted molar refractivity (Wildman–Crippen MR) is 59.8 cm³/mol. The molecule has 0 amide bonds. The van der Waals surface area contributed by atoms with E-state index in [1.165, 1.54) is 32.1 Å². The Bertz CT molecular complexity index is 127. The summed E-state index contributed by atoms with van der Waals surface area (Å²) in [5, 5.41) is 0. The Labute approximate surface area is 92.5 Å². The predicted octanol–water partition coefficient (Wildman–Crippen LogP) is 4.03. The molecule has 2 heteroatoms. The second kappa shape index (κ2) is 5.87. The summed E-state index contributed by atoms with van der Waals surface area (Å²) in [5.41, 5.74) is 0. The van der Waals surface area contributed by atoms with Crippen molar-refractivity contribution in [2.24, 2.45) is 11.8 Å². The van der Waals surface area contributed by atoms with Gasteiger partial charge in [0.25, 0.3) is 0 Å². The highest BCUT2D eigenvalue weighted by Crippen LogP contribution is 2.45. The van der Waals surface area contributed by atoms with Crippen LogP contribution >= 0.6 is 12.9 Å². The van der Waals surface area contributed by atoms with Crippen molar-refractivity contribution in [3.63, 3.8) is 0 Å². The first-order valence-corrected chi connectivity index (χ1v) is 10.1. The number of rotatable bonds is 4. The van der Waals surface area contributed by atoms with Crippen molar-refractivity contribution in [2.75, 3.05) is 0 Å². The molecule has 3 unspecified atom stereocenters. The molecule has 0 heterocycles. The minimum absolute atomic E-state index is 0.0768. The zero-order chi connectivity index (χ0) is 8.97. The van der Waals surface area contributed by atoms with Crippen LogP contribution in [-0.2, 0) is 0 Å². The van der Waals surface area contributed by atoms with Crippen LogP contribution in [0.15, 0.2) is 0 Å². The maximum atomic E-state index is 3.81. The van der Waals surface area contributed by atoms with Crippen LogP contribution in [0.4, 0.5) is 0 Å². The van der Waals surface area contributed by atoms with E-state index in [4.69, 9.17) is 0 Å². The van der Waals surface area contributed by atoms with Crippen LogP contribution in [0.25, 0.3) is 0 Å². The van der Waals surface area contributed by atoms with Gasteiger partial charge in [-0.2, -0.15) is 0 Å². The van der Waals surface area contributed by atoms with Gasteiger partial charge in [-0.05, 0) is 0 Å². The van der Waals surface area contributed by atoms with E-state index in [0.29, 0.717) is 0 Å². The average Bonchev–Trinajstić information content (AvgIpc) is 2.47. The Morgan fingerprint density at radius 3 is 2.42 bits per heavy atom. The summed E-state index contributed by atoms with van der Waals surface area (Å²) in [4.78, 5) is 0. The molecule has 12 heavy (non-hydrogen) atoms. The number of halogens is 1. The maximum Gasteiger partial charge on any atom is 0.472 e. The molecule has 1 fully saturated rings. The van der Waals surface area contributed by atoms with Crippen LogP contribution in [-0.4, -0.2) is 18.2 Å². The van der Waals surface area contributed by atoms with Gasteiger partial charge >= 0.3 is 18.2 Å². The third-order valence-electron chi connectivity index (χ3n) is 3.48. The Hall–Kier alpha value is 1.25. The molecular weight excluding hydrogens is 224 g/mol. The van der Waals surface area contributed by atoms with Crippen molar-refractivity contribution in [2.45, 2.75) is 50.0 Å². The minimum Gasteiger partial charge on any atom is -0.306 e. The van der Waals surface area contributed by atoms with E-state index in [-0.39, 0.29) is 18.2 Å². The Morgan fingerprint density at radius 1 is 1.25 bits per heavy atom. The third-order valence-corrected chi connectivity index (χ3v) is 7.41. The number of hydrogen-bond donors (Lipinski definition) is 0. The van der Waals surface area contributed by atoms with E-state index in [1.54, 1.807) is 0 Å². The zero-order valence-electron chi connectivity index (χ0n) is 8.35. The molecule has 0 radical (unpaired) electrons. The second-order valence-electron chi connectivity index (χ2n) is 4.11. The van der Waals surface area contributed by atoms with Crippen LogP contribution < -0.4 is 0 Å². The van der Waals surface area contributed by atoms with E-state index in [2.05, 4.69) is 26.7 Å². The van der Waals surface area contributed by atoms with E-state index < -0.39 is 0 Å². The van der Waals surface area contributed by atoms with Crippen molar-refractivity contribution in [3.8, 4) is 0 Å². The molecule has 0 nitrogen and oxygen atoms in total. The lowest BCUT2D eigenvalue weighted by Crippen LogP contribution is -2.11. The van der Waals surface area contributed by atoms with Gasteiger partial charge in [0.05, 0.1) is 0 Å². The van der Waals surface area contributed by atoms with Gasteiger partial charge in [0.2, 0.25) is 0 Å². The summed E-state index contributed by atoms with van der Waals surface area (Å²) < 4.78 is 1.12. The monoisotopic (exact) mass is 242 g/mol. The summed E-state index contributed by atoms with van der Waals surface area (Å²) >= 11 is 3.88. The van der Waals surface area contributed by atoms with E-state index in [1.807, 2.05) is 0 Å². The highest BCUT2D eigenvalue weighted by molar-refractivity contribution is 9.23. The molecular formula is C10H19BrMg. The van der Waals surface area contributed by atoms with Crippen molar-refractivity contribution >= 4 is 31.1 Å². The van der Waals surface area contributed by atoms with Crippen LogP contribution in [0.3, 0.4) is 0 Å². The first-order chi connectivity index (χ1) is 5.83. The Balaban J connectivity index is 2.44. The van der Waals surface area contributed by atoms with Crippen molar-refractivity contribution < 1.29 is 0 Å². The van der Waals surface area contributed by atoms with E-state index >= 15 is 0 Å². The summed E-state index contributed by atoms with van der Waals surface area (Å²) in [7, 11) is 0. The smallest absolute Gasteiger partial charge is 0.306 e. The van der Waals surface area contributed by atoms with Crippen molar-refractivity contribution in [1.29, 1.82) is 0 Å². The molecule has 0 spiro atoms. The largest absolute Gasteiger partial charge is 0.472 e. The van der Waals surface area contributed by atoms with Crippen molar-refractivity contribution in [1.82, 2.24) is 0 Å². The molecule has 3 atom stereocenters. The fourth-order valence-electron chi connectivity index (χ4n) is 2.73. The van der Waals surface area contributed by atoms with Crippen LogP contribution in [0.5, 0.6) is 0 Å². The van der Waals surface area contributed by atoms with Gasteiger partial charge in [-0.3, -0.25) is 0 Å². The van der Waals surface area contributed by atoms with Gasteiger partial charge in [-0.15, -0.1) is 4.05 Å². The highest BCUT2D eigenvalue weighted by atomic mass is 79.9. The normalized spacial score (nSPS) is 35.1. The summed E-state index contributed by atoms with van der Waals surface area (Å²) in [6.45, 7) is 4.69. The van der Waals surface area contributed by atoms with Gasteiger partial charge in [-0.1, -0.05) is 57.8 Å².